The molecule has 22 heavy (non-hydrogen) atoms. The summed E-state index contributed by atoms with van der Waals surface area (Å²) in [6.45, 7) is 8.67. The molecule has 7 heteroatoms. The zero-order valence-electron chi connectivity index (χ0n) is 13.0. The molecule has 0 unspecified atom stereocenters. The number of esters is 1. The number of carbonyl (C=O) groups is 1. The summed E-state index contributed by atoms with van der Waals surface area (Å²) in [6.07, 6.45) is 0. The Hall–Kier alpha value is -2.57. The van der Waals surface area contributed by atoms with Crippen molar-refractivity contribution in [3.8, 4) is 11.5 Å². The van der Waals surface area contributed by atoms with Crippen molar-refractivity contribution >= 4 is 11.7 Å². The van der Waals surface area contributed by atoms with Gasteiger partial charge in [-0.25, -0.2) is 4.79 Å². The highest BCUT2D eigenvalue weighted by Crippen LogP contribution is 2.27. The highest BCUT2D eigenvalue weighted by Gasteiger charge is 2.19. The van der Waals surface area contributed by atoms with Crippen molar-refractivity contribution in [3.05, 3.63) is 40.5 Å². The maximum absolute atomic E-state index is 11.7. The summed E-state index contributed by atoms with van der Waals surface area (Å²) in [6, 6.07) is 4.00. The second kappa shape index (κ2) is 6.93. The number of nitro benzene ring substituents is 1. The number of non-ortho nitro benzene ring substituents is 1. The lowest BCUT2D eigenvalue weighted by Crippen LogP contribution is -2.26. The summed E-state index contributed by atoms with van der Waals surface area (Å²) in [5.41, 5.74) is -0.688. The van der Waals surface area contributed by atoms with Crippen molar-refractivity contribution in [1.29, 1.82) is 0 Å². The van der Waals surface area contributed by atoms with Gasteiger partial charge in [-0.05, 0) is 20.8 Å². The highest BCUT2D eigenvalue weighted by molar-refractivity contribution is 5.88. The molecule has 0 radical (unpaired) electrons. The van der Waals surface area contributed by atoms with E-state index in [9.17, 15) is 14.9 Å². The van der Waals surface area contributed by atoms with Crippen LogP contribution in [-0.4, -0.2) is 30.2 Å². The molecular formula is C15H19NO6. The highest BCUT2D eigenvalue weighted by atomic mass is 16.6. The van der Waals surface area contributed by atoms with Gasteiger partial charge in [0.15, 0.2) is 0 Å². The molecule has 1 rings (SSSR count). The molecule has 0 aromatic heterocycles. The third kappa shape index (κ3) is 5.43. The quantitative estimate of drug-likeness (QED) is 0.347. The zero-order chi connectivity index (χ0) is 16.9. The molecule has 0 aliphatic heterocycles. The molecule has 7 nitrogen and oxygen atoms in total. The Bertz CT molecular complexity index is 588. The van der Waals surface area contributed by atoms with Crippen LogP contribution in [0.3, 0.4) is 0 Å². The number of carbonyl (C=O) groups excluding carboxylic acids is 1. The lowest BCUT2D eigenvalue weighted by atomic mass is 10.2. The zero-order valence-corrected chi connectivity index (χ0v) is 13.0. The third-order valence-corrected chi connectivity index (χ3v) is 2.41. The molecule has 0 fully saturated rings. The van der Waals surface area contributed by atoms with Crippen LogP contribution in [-0.2, 0) is 9.53 Å². The van der Waals surface area contributed by atoms with Crippen LogP contribution in [0, 0.1) is 10.1 Å². The van der Waals surface area contributed by atoms with Crippen LogP contribution in [0.15, 0.2) is 30.4 Å². The SMILES string of the molecule is C=C(COc1cc(OC)cc([N+](=O)[O-])c1)C(=O)OC(C)(C)C. The number of rotatable bonds is 6. The van der Waals surface area contributed by atoms with E-state index in [1.165, 1.54) is 25.3 Å². The number of benzene rings is 1. The first kappa shape index (κ1) is 17.5. The molecule has 0 N–H and O–H groups in total. The lowest BCUT2D eigenvalue weighted by molar-refractivity contribution is -0.385. The fraction of sp³-hybridized carbons (Fsp3) is 0.400. The van der Waals surface area contributed by atoms with Gasteiger partial charge in [-0.1, -0.05) is 6.58 Å². The summed E-state index contributed by atoms with van der Waals surface area (Å²) in [4.78, 5) is 22.0. The van der Waals surface area contributed by atoms with Crippen LogP contribution in [0.5, 0.6) is 11.5 Å². The topological polar surface area (TPSA) is 87.9 Å². The second-order valence-corrected chi connectivity index (χ2v) is 5.52. The Morgan fingerprint density at radius 1 is 1.27 bits per heavy atom. The number of nitro groups is 1. The third-order valence-electron chi connectivity index (χ3n) is 2.41. The van der Waals surface area contributed by atoms with Crippen LogP contribution in [0.1, 0.15) is 20.8 Å². The largest absolute Gasteiger partial charge is 0.496 e. The van der Waals surface area contributed by atoms with Crippen molar-refractivity contribution < 1.29 is 23.9 Å². The molecule has 0 heterocycles. The predicted molar refractivity (Wildman–Crippen MR) is 80.1 cm³/mol. The Balaban J connectivity index is 2.75. The van der Waals surface area contributed by atoms with E-state index >= 15 is 0 Å². The molecule has 0 saturated heterocycles. The van der Waals surface area contributed by atoms with Gasteiger partial charge in [-0.15, -0.1) is 0 Å². The van der Waals surface area contributed by atoms with Crippen LogP contribution < -0.4 is 9.47 Å². The Morgan fingerprint density at radius 2 is 1.86 bits per heavy atom. The molecule has 0 spiro atoms. The summed E-state index contributed by atoms with van der Waals surface area (Å²) in [5, 5.41) is 10.8. The molecule has 120 valence electrons. The standard InChI is InChI=1S/C15H19NO6/c1-10(14(17)22-15(2,3)4)9-21-13-7-11(16(18)19)6-12(8-13)20-5/h6-8H,1,9H2,2-5H3. The van der Waals surface area contributed by atoms with E-state index in [2.05, 4.69) is 6.58 Å². The van der Waals surface area contributed by atoms with Gasteiger partial charge in [0.1, 0.15) is 23.7 Å². The Morgan fingerprint density at radius 3 is 2.36 bits per heavy atom. The van der Waals surface area contributed by atoms with Gasteiger partial charge in [0, 0.05) is 6.07 Å². The minimum absolute atomic E-state index is 0.111. The fourth-order valence-corrected chi connectivity index (χ4v) is 1.44. The van der Waals surface area contributed by atoms with E-state index in [1.807, 2.05) is 0 Å². The normalized spacial score (nSPS) is 10.7. The van der Waals surface area contributed by atoms with E-state index in [4.69, 9.17) is 14.2 Å². The second-order valence-electron chi connectivity index (χ2n) is 5.52. The maximum atomic E-state index is 11.7. The van der Waals surface area contributed by atoms with E-state index in [0.29, 0.717) is 0 Å². The minimum atomic E-state index is -0.630. The van der Waals surface area contributed by atoms with Crippen LogP contribution in [0.25, 0.3) is 0 Å². The van der Waals surface area contributed by atoms with E-state index in [1.54, 1.807) is 20.8 Å². The number of methoxy groups -OCH3 is 1. The number of ether oxygens (including phenoxy) is 3. The Labute approximate surface area is 128 Å². The molecule has 0 aliphatic carbocycles. The van der Waals surface area contributed by atoms with Gasteiger partial charge in [0.05, 0.1) is 29.7 Å². The van der Waals surface area contributed by atoms with E-state index < -0.39 is 16.5 Å². The first-order valence-electron chi connectivity index (χ1n) is 6.50. The van der Waals surface area contributed by atoms with Gasteiger partial charge in [-0.3, -0.25) is 10.1 Å². The summed E-state index contributed by atoms with van der Waals surface area (Å²) in [5.74, 6) is -0.0901. The van der Waals surface area contributed by atoms with E-state index in [-0.39, 0.29) is 29.4 Å². The molecule has 1 aromatic rings. The van der Waals surface area contributed by atoms with Crippen molar-refractivity contribution in [2.45, 2.75) is 26.4 Å². The van der Waals surface area contributed by atoms with Crippen molar-refractivity contribution in [2.75, 3.05) is 13.7 Å². The average Bonchev–Trinajstić information content (AvgIpc) is 2.42. The number of hydrogen-bond acceptors (Lipinski definition) is 6. The van der Waals surface area contributed by atoms with Gasteiger partial charge in [0.2, 0.25) is 0 Å². The summed E-state index contributed by atoms with van der Waals surface area (Å²) < 4.78 is 15.5. The van der Waals surface area contributed by atoms with Crippen LogP contribution in [0.4, 0.5) is 5.69 Å². The first-order valence-corrected chi connectivity index (χ1v) is 6.50. The molecule has 0 bridgehead atoms. The minimum Gasteiger partial charge on any atom is -0.496 e. The van der Waals surface area contributed by atoms with Crippen molar-refractivity contribution in [2.24, 2.45) is 0 Å². The number of nitrogens with zero attached hydrogens (tertiary/aromatic N) is 1. The van der Waals surface area contributed by atoms with Crippen molar-refractivity contribution in [3.63, 3.8) is 0 Å². The average molecular weight is 309 g/mol. The first-order chi connectivity index (χ1) is 10.1. The molecule has 0 amide bonds. The molecular weight excluding hydrogens is 290 g/mol. The maximum Gasteiger partial charge on any atom is 0.337 e. The van der Waals surface area contributed by atoms with Gasteiger partial charge in [-0.2, -0.15) is 0 Å². The van der Waals surface area contributed by atoms with Crippen LogP contribution >= 0.6 is 0 Å². The van der Waals surface area contributed by atoms with Crippen molar-refractivity contribution in [1.82, 2.24) is 0 Å². The summed E-state index contributed by atoms with van der Waals surface area (Å²) >= 11 is 0. The van der Waals surface area contributed by atoms with Crippen LogP contribution in [0.2, 0.25) is 0 Å². The molecule has 0 saturated carbocycles. The Kier molecular flexibility index (Phi) is 5.50. The lowest BCUT2D eigenvalue weighted by Gasteiger charge is -2.20. The molecule has 0 atom stereocenters. The smallest absolute Gasteiger partial charge is 0.337 e. The van der Waals surface area contributed by atoms with Gasteiger partial charge >= 0.3 is 5.97 Å². The monoisotopic (exact) mass is 309 g/mol. The van der Waals surface area contributed by atoms with Gasteiger partial charge < -0.3 is 14.2 Å². The predicted octanol–water partition coefficient (Wildman–Crippen LogP) is 2.88. The van der Waals surface area contributed by atoms with Gasteiger partial charge in [0.25, 0.3) is 5.69 Å². The molecule has 0 aliphatic rings. The fourth-order valence-electron chi connectivity index (χ4n) is 1.44. The number of hydrogen-bond donors (Lipinski definition) is 0. The summed E-state index contributed by atoms with van der Waals surface area (Å²) in [7, 11) is 1.39. The van der Waals surface area contributed by atoms with E-state index in [0.717, 1.165) is 0 Å². The molecule has 1 aromatic carbocycles.